The molecule has 19 heavy (non-hydrogen) atoms. The first-order valence-corrected chi connectivity index (χ1v) is 7.93. The second kappa shape index (κ2) is 8.20. The fraction of sp³-hybridized carbons (Fsp3) is 1.00. The number of hydrogen-bond donors (Lipinski definition) is 1. The van der Waals surface area contributed by atoms with Crippen LogP contribution in [0.1, 0.15) is 39.0 Å². The van der Waals surface area contributed by atoms with Crippen LogP contribution in [0.25, 0.3) is 0 Å². The zero-order valence-electron chi connectivity index (χ0n) is 12.6. The van der Waals surface area contributed by atoms with Crippen LogP contribution in [0.5, 0.6) is 0 Å². The van der Waals surface area contributed by atoms with E-state index in [4.69, 9.17) is 9.47 Å². The van der Waals surface area contributed by atoms with Crippen molar-refractivity contribution in [3.05, 3.63) is 0 Å². The lowest BCUT2D eigenvalue weighted by molar-refractivity contribution is -0.0866. The van der Waals surface area contributed by atoms with Crippen LogP contribution in [-0.2, 0) is 9.47 Å². The van der Waals surface area contributed by atoms with E-state index in [1.807, 2.05) is 0 Å². The van der Waals surface area contributed by atoms with Gasteiger partial charge in [-0.25, -0.2) is 0 Å². The van der Waals surface area contributed by atoms with Gasteiger partial charge in [0.2, 0.25) is 0 Å². The summed E-state index contributed by atoms with van der Waals surface area (Å²) in [5.41, 5.74) is 0. The Bertz CT molecular complexity index is 242. The van der Waals surface area contributed by atoms with Gasteiger partial charge in [-0.05, 0) is 45.7 Å². The van der Waals surface area contributed by atoms with Gasteiger partial charge in [0.25, 0.3) is 0 Å². The van der Waals surface area contributed by atoms with Crippen LogP contribution in [0.15, 0.2) is 0 Å². The number of morpholine rings is 1. The Balaban J connectivity index is 1.57. The Morgan fingerprint density at radius 3 is 2.74 bits per heavy atom. The van der Waals surface area contributed by atoms with Crippen LogP contribution in [0.4, 0.5) is 0 Å². The Kier molecular flexibility index (Phi) is 6.57. The van der Waals surface area contributed by atoms with Crippen molar-refractivity contribution < 1.29 is 9.47 Å². The van der Waals surface area contributed by atoms with Crippen molar-refractivity contribution in [1.29, 1.82) is 0 Å². The molecule has 1 aliphatic heterocycles. The van der Waals surface area contributed by atoms with Crippen LogP contribution in [0, 0.1) is 0 Å². The Morgan fingerprint density at radius 1 is 1.26 bits per heavy atom. The summed E-state index contributed by atoms with van der Waals surface area (Å²) in [4.78, 5) is 2.32. The molecule has 0 aromatic carbocycles. The van der Waals surface area contributed by atoms with Crippen molar-refractivity contribution in [1.82, 2.24) is 10.2 Å². The highest BCUT2D eigenvalue weighted by molar-refractivity contribution is 4.78. The molecule has 4 nitrogen and oxygen atoms in total. The Morgan fingerprint density at radius 2 is 2.05 bits per heavy atom. The van der Waals surface area contributed by atoms with E-state index in [0.29, 0.717) is 6.10 Å². The van der Waals surface area contributed by atoms with Crippen molar-refractivity contribution in [2.24, 2.45) is 0 Å². The summed E-state index contributed by atoms with van der Waals surface area (Å²) < 4.78 is 11.8. The maximum absolute atomic E-state index is 6.04. The largest absolute Gasteiger partial charge is 0.375 e. The molecule has 1 atom stereocenters. The summed E-state index contributed by atoms with van der Waals surface area (Å²) in [5, 5.41) is 3.62. The molecule has 0 radical (unpaired) electrons. The molecule has 0 bridgehead atoms. The van der Waals surface area contributed by atoms with Gasteiger partial charge in [0.05, 0.1) is 25.4 Å². The van der Waals surface area contributed by atoms with Crippen molar-refractivity contribution in [3.63, 3.8) is 0 Å². The lowest BCUT2D eigenvalue weighted by atomic mass is 9.93. The van der Waals surface area contributed by atoms with E-state index >= 15 is 0 Å². The van der Waals surface area contributed by atoms with Crippen molar-refractivity contribution in [2.45, 2.75) is 57.3 Å². The SMILES string of the molecule is CCCNC1CCC(OCC2CN(C)CCO2)CC1. The van der Waals surface area contributed by atoms with E-state index in [1.54, 1.807) is 0 Å². The maximum atomic E-state index is 6.04. The van der Waals surface area contributed by atoms with Gasteiger partial charge in [0.15, 0.2) is 0 Å². The molecule has 4 heteroatoms. The minimum absolute atomic E-state index is 0.273. The summed E-state index contributed by atoms with van der Waals surface area (Å²) >= 11 is 0. The molecule has 0 aromatic heterocycles. The minimum atomic E-state index is 0.273. The highest BCUT2D eigenvalue weighted by Crippen LogP contribution is 2.21. The van der Waals surface area contributed by atoms with Crippen molar-refractivity contribution in [3.8, 4) is 0 Å². The molecule has 2 rings (SSSR count). The van der Waals surface area contributed by atoms with E-state index in [2.05, 4.69) is 24.2 Å². The summed E-state index contributed by atoms with van der Waals surface area (Å²) in [7, 11) is 2.15. The highest BCUT2D eigenvalue weighted by atomic mass is 16.5. The molecule has 2 fully saturated rings. The summed E-state index contributed by atoms with van der Waals surface area (Å²) in [6.07, 6.45) is 6.87. The van der Waals surface area contributed by atoms with Gasteiger partial charge in [0.1, 0.15) is 0 Å². The molecule has 0 aromatic rings. The highest BCUT2D eigenvalue weighted by Gasteiger charge is 2.23. The first-order valence-electron chi connectivity index (χ1n) is 7.93. The quantitative estimate of drug-likeness (QED) is 0.795. The number of nitrogens with zero attached hydrogens (tertiary/aromatic N) is 1. The van der Waals surface area contributed by atoms with Gasteiger partial charge in [-0.1, -0.05) is 6.92 Å². The topological polar surface area (TPSA) is 33.7 Å². The molecule has 0 spiro atoms. The van der Waals surface area contributed by atoms with Gasteiger partial charge < -0.3 is 19.7 Å². The summed E-state index contributed by atoms with van der Waals surface area (Å²) in [6.45, 7) is 7.04. The van der Waals surface area contributed by atoms with Gasteiger partial charge in [-0.3, -0.25) is 0 Å². The average Bonchev–Trinajstić information content (AvgIpc) is 2.44. The van der Waals surface area contributed by atoms with Crippen LogP contribution in [0.2, 0.25) is 0 Å². The lowest BCUT2D eigenvalue weighted by Crippen LogP contribution is -2.43. The zero-order chi connectivity index (χ0) is 13.5. The number of hydrogen-bond acceptors (Lipinski definition) is 4. The maximum Gasteiger partial charge on any atom is 0.0935 e. The van der Waals surface area contributed by atoms with Crippen LogP contribution >= 0.6 is 0 Å². The molecule has 1 saturated heterocycles. The normalized spacial score (nSPS) is 33.5. The van der Waals surface area contributed by atoms with E-state index in [9.17, 15) is 0 Å². The second-order valence-corrected chi connectivity index (χ2v) is 6.02. The first-order chi connectivity index (χ1) is 9.28. The van der Waals surface area contributed by atoms with Crippen LogP contribution in [-0.4, -0.2) is 63.0 Å². The summed E-state index contributed by atoms with van der Waals surface area (Å²) in [6, 6.07) is 0.719. The third-order valence-electron chi connectivity index (χ3n) is 4.22. The average molecular weight is 270 g/mol. The molecule has 112 valence electrons. The molecule has 1 unspecified atom stereocenters. The zero-order valence-corrected chi connectivity index (χ0v) is 12.6. The number of rotatable bonds is 6. The monoisotopic (exact) mass is 270 g/mol. The van der Waals surface area contributed by atoms with Gasteiger partial charge in [0, 0.05) is 19.1 Å². The van der Waals surface area contributed by atoms with E-state index < -0.39 is 0 Å². The number of nitrogens with one attached hydrogen (secondary N) is 1. The summed E-state index contributed by atoms with van der Waals surface area (Å²) in [5.74, 6) is 0. The molecule has 1 aliphatic carbocycles. The molecular weight excluding hydrogens is 240 g/mol. The van der Waals surface area contributed by atoms with Gasteiger partial charge >= 0.3 is 0 Å². The van der Waals surface area contributed by atoms with Crippen LogP contribution < -0.4 is 5.32 Å². The second-order valence-electron chi connectivity index (χ2n) is 6.02. The lowest BCUT2D eigenvalue weighted by Gasteiger charge is -2.33. The molecule has 0 amide bonds. The van der Waals surface area contributed by atoms with Gasteiger partial charge in [-0.15, -0.1) is 0 Å². The molecule has 2 aliphatic rings. The predicted molar refractivity (Wildman–Crippen MR) is 77.5 cm³/mol. The standard InChI is InChI=1S/C15H30N2O2/c1-3-8-16-13-4-6-14(7-5-13)19-12-15-11-17(2)9-10-18-15/h13-16H,3-12H2,1-2H3. The van der Waals surface area contributed by atoms with Crippen molar-refractivity contribution >= 4 is 0 Å². The van der Waals surface area contributed by atoms with E-state index in [0.717, 1.165) is 38.9 Å². The Labute approximate surface area is 117 Å². The Hall–Kier alpha value is -0.160. The minimum Gasteiger partial charge on any atom is -0.375 e. The molecule has 1 heterocycles. The number of ether oxygens (including phenoxy) is 2. The smallest absolute Gasteiger partial charge is 0.0935 e. The van der Waals surface area contributed by atoms with E-state index in [-0.39, 0.29) is 6.10 Å². The third-order valence-corrected chi connectivity index (χ3v) is 4.22. The third kappa shape index (κ3) is 5.38. The fourth-order valence-electron chi connectivity index (χ4n) is 2.99. The molecule has 1 saturated carbocycles. The van der Waals surface area contributed by atoms with Crippen molar-refractivity contribution in [2.75, 3.05) is 39.9 Å². The molecule has 1 N–H and O–H groups in total. The van der Waals surface area contributed by atoms with Crippen LogP contribution in [0.3, 0.4) is 0 Å². The first kappa shape index (κ1) is 15.2. The van der Waals surface area contributed by atoms with Gasteiger partial charge in [-0.2, -0.15) is 0 Å². The molecular formula is C15H30N2O2. The number of likely N-dealkylation sites (N-methyl/N-ethyl adjacent to an activating group) is 1. The van der Waals surface area contributed by atoms with E-state index in [1.165, 1.54) is 32.1 Å². The predicted octanol–water partition coefficient (Wildman–Crippen LogP) is 1.64. The fourth-order valence-corrected chi connectivity index (χ4v) is 2.99.